The summed E-state index contributed by atoms with van der Waals surface area (Å²) < 4.78 is 10.1. The van der Waals surface area contributed by atoms with Gasteiger partial charge in [-0.2, -0.15) is 0 Å². The van der Waals surface area contributed by atoms with Crippen LogP contribution in [0.2, 0.25) is 0 Å². The van der Waals surface area contributed by atoms with Crippen LogP contribution >= 0.6 is 0 Å². The summed E-state index contributed by atoms with van der Waals surface area (Å²) in [6.07, 6.45) is 3.67. The number of benzene rings is 1. The number of ether oxygens (including phenoxy) is 2. The largest absolute Gasteiger partial charge is 0.462 e. The minimum absolute atomic E-state index is 0.138. The highest BCUT2D eigenvalue weighted by molar-refractivity contribution is 5.99. The Morgan fingerprint density at radius 2 is 1.68 bits per heavy atom. The van der Waals surface area contributed by atoms with Crippen LogP contribution in [0.15, 0.2) is 24.3 Å². The number of piperidine rings is 1. The number of carbonyl (C=O) groups excluding carboxylic acids is 3. The summed E-state index contributed by atoms with van der Waals surface area (Å²) in [6.45, 7) is 6.94. The molecule has 1 amide bonds. The third kappa shape index (κ3) is 5.45. The SMILES string of the molecule is CCOC(=O)c1c(C)[nH]c(C(=O)OCC(=O)Nc2ccc(N3CCCCC3)cc2)c1C. The van der Waals surface area contributed by atoms with Crippen LogP contribution in [0.1, 0.15) is 58.3 Å². The van der Waals surface area contributed by atoms with Gasteiger partial charge in [0.05, 0.1) is 12.2 Å². The second kappa shape index (κ2) is 10.1. The lowest BCUT2D eigenvalue weighted by Gasteiger charge is -2.28. The van der Waals surface area contributed by atoms with Gasteiger partial charge in [0, 0.05) is 30.2 Å². The molecule has 0 atom stereocenters. The van der Waals surface area contributed by atoms with E-state index in [1.807, 2.05) is 24.3 Å². The molecule has 3 rings (SSSR count). The van der Waals surface area contributed by atoms with Crippen molar-refractivity contribution in [3.05, 3.63) is 46.8 Å². The Labute approximate surface area is 181 Å². The van der Waals surface area contributed by atoms with E-state index in [1.54, 1.807) is 20.8 Å². The molecule has 0 unspecified atom stereocenters. The van der Waals surface area contributed by atoms with E-state index < -0.39 is 24.5 Å². The van der Waals surface area contributed by atoms with Gasteiger partial charge < -0.3 is 24.7 Å². The number of aromatic amines is 1. The van der Waals surface area contributed by atoms with Crippen LogP contribution in [0.25, 0.3) is 0 Å². The van der Waals surface area contributed by atoms with E-state index >= 15 is 0 Å². The molecule has 0 aliphatic carbocycles. The first-order valence-electron chi connectivity index (χ1n) is 10.6. The van der Waals surface area contributed by atoms with Crippen molar-refractivity contribution in [1.29, 1.82) is 0 Å². The Hall–Kier alpha value is -3.29. The van der Waals surface area contributed by atoms with Crippen molar-refractivity contribution in [2.75, 3.05) is 36.5 Å². The zero-order valence-corrected chi connectivity index (χ0v) is 18.2. The summed E-state index contributed by atoms with van der Waals surface area (Å²) >= 11 is 0. The maximum Gasteiger partial charge on any atom is 0.355 e. The number of esters is 2. The number of rotatable bonds is 7. The average Bonchev–Trinajstić information content (AvgIpc) is 3.07. The average molecular weight is 428 g/mol. The highest BCUT2D eigenvalue weighted by atomic mass is 16.5. The third-order valence-electron chi connectivity index (χ3n) is 5.33. The van der Waals surface area contributed by atoms with Gasteiger partial charge in [0.2, 0.25) is 0 Å². The topological polar surface area (TPSA) is 101 Å². The van der Waals surface area contributed by atoms with Gasteiger partial charge in [0.25, 0.3) is 5.91 Å². The zero-order valence-electron chi connectivity index (χ0n) is 18.2. The lowest BCUT2D eigenvalue weighted by Crippen LogP contribution is -2.29. The summed E-state index contributed by atoms with van der Waals surface area (Å²) in [6, 6.07) is 7.64. The number of hydrogen-bond acceptors (Lipinski definition) is 6. The van der Waals surface area contributed by atoms with Gasteiger partial charge in [-0.15, -0.1) is 0 Å². The predicted octanol–water partition coefficient (Wildman–Crippen LogP) is 3.59. The molecule has 1 fully saturated rings. The molecule has 166 valence electrons. The number of amides is 1. The lowest BCUT2D eigenvalue weighted by atomic mass is 10.1. The van der Waals surface area contributed by atoms with Crippen molar-refractivity contribution in [3.8, 4) is 0 Å². The fourth-order valence-electron chi connectivity index (χ4n) is 3.77. The quantitative estimate of drug-likeness (QED) is 0.655. The molecule has 1 saturated heterocycles. The molecule has 0 bridgehead atoms. The first kappa shape index (κ1) is 22.4. The Bertz CT molecular complexity index is 943. The lowest BCUT2D eigenvalue weighted by molar-refractivity contribution is -0.119. The molecule has 0 spiro atoms. The van der Waals surface area contributed by atoms with Gasteiger partial charge >= 0.3 is 11.9 Å². The van der Waals surface area contributed by atoms with E-state index in [2.05, 4.69) is 15.2 Å². The van der Waals surface area contributed by atoms with Crippen LogP contribution in [0, 0.1) is 13.8 Å². The Morgan fingerprint density at radius 3 is 2.32 bits per heavy atom. The summed E-state index contributed by atoms with van der Waals surface area (Å²) in [4.78, 5) is 41.8. The zero-order chi connectivity index (χ0) is 22.4. The second-order valence-corrected chi connectivity index (χ2v) is 7.56. The first-order valence-corrected chi connectivity index (χ1v) is 10.6. The summed E-state index contributed by atoms with van der Waals surface area (Å²) in [5.74, 6) is -1.64. The number of aryl methyl sites for hydroxylation is 1. The molecular weight excluding hydrogens is 398 g/mol. The van der Waals surface area contributed by atoms with Crippen molar-refractivity contribution < 1.29 is 23.9 Å². The van der Waals surface area contributed by atoms with Crippen molar-refractivity contribution in [1.82, 2.24) is 4.98 Å². The monoisotopic (exact) mass is 427 g/mol. The number of nitrogens with one attached hydrogen (secondary N) is 2. The molecule has 8 heteroatoms. The molecule has 1 aromatic carbocycles. The second-order valence-electron chi connectivity index (χ2n) is 7.56. The van der Waals surface area contributed by atoms with Crippen LogP contribution in [0.4, 0.5) is 11.4 Å². The van der Waals surface area contributed by atoms with Gasteiger partial charge in [-0.1, -0.05) is 0 Å². The molecule has 1 aromatic heterocycles. The van der Waals surface area contributed by atoms with Crippen molar-refractivity contribution in [2.45, 2.75) is 40.0 Å². The van der Waals surface area contributed by atoms with Crippen LogP contribution in [0.3, 0.4) is 0 Å². The highest BCUT2D eigenvalue weighted by Gasteiger charge is 2.24. The third-order valence-corrected chi connectivity index (χ3v) is 5.33. The standard InChI is InChI=1S/C23H29N3O5/c1-4-30-22(28)20-15(2)21(24-16(20)3)23(29)31-14-19(27)25-17-8-10-18(11-9-17)26-12-6-5-7-13-26/h8-11,24H,4-7,12-14H2,1-3H3,(H,25,27). The van der Waals surface area contributed by atoms with Gasteiger partial charge in [0.1, 0.15) is 5.69 Å². The fraction of sp³-hybridized carbons (Fsp3) is 0.435. The van der Waals surface area contributed by atoms with E-state index in [9.17, 15) is 14.4 Å². The molecule has 8 nitrogen and oxygen atoms in total. The van der Waals surface area contributed by atoms with E-state index in [-0.39, 0.29) is 12.3 Å². The van der Waals surface area contributed by atoms with Crippen LogP contribution in [0.5, 0.6) is 0 Å². The molecule has 2 heterocycles. The van der Waals surface area contributed by atoms with Crippen molar-refractivity contribution in [2.24, 2.45) is 0 Å². The molecule has 1 aliphatic rings. The smallest absolute Gasteiger partial charge is 0.355 e. The number of carbonyl (C=O) groups is 3. The normalized spacial score (nSPS) is 13.6. The van der Waals surface area contributed by atoms with Gasteiger partial charge in [-0.25, -0.2) is 9.59 Å². The Balaban J connectivity index is 1.54. The van der Waals surface area contributed by atoms with E-state index in [4.69, 9.17) is 9.47 Å². The molecule has 0 saturated carbocycles. The predicted molar refractivity (Wildman–Crippen MR) is 118 cm³/mol. The Morgan fingerprint density at radius 1 is 1.00 bits per heavy atom. The molecular formula is C23H29N3O5. The molecule has 2 N–H and O–H groups in total. The number of hydrogen-bond donors (Lipinski definition) is 2. The fourth-order valence-corrected chi connectivity index (χ4v) is 3.77. The van der Waals surface area contributed by atoms with E-state index in [1.165, 1.54) is 19.3 Å². The van der Waals surface area contributed by atoms with Crippen LogP contribution in [-0.4, -0.2) is 49.1 Å². The summed E-state index contributed by atoms with van der Waals surface area (Å²) in [5.41, 5.74) is 3.18. The van der Waals surface area contributed by atoms with Crippen LogP contribution in [-0.2, 0) is 14.3 Å². The van der Waals surface area contributed by atoms with Gasteiger partial charge in [-0.05, 0) is 69.9 Å². The number of aromatic nitrogens is 1. The van der Waals surface area contributed by atoms with E-state index in [0.29, 0.717) is 22.5 Å². The number of nitrogens with zero attached hydrogens (tertiary/aromatic N) is 1. The molecule has 0 radical (unpaired) electrons. The van der Waals surface area contributed by atoms with Gasteiger partial charge in [-0.3, -0.25) is 4.79 Å². The number of H-pyrrole nitrogens is 1. The maximum absolute atomic E-state index is 12.4. The maximum atomic E-state index is 12.4. The van der Waals surface area contributed by atoms with E-state index in [0.717, 1.165) is 18.8 Å². The Kier molecular flexibility index (Phi) is 7.33. The molecule has 31 heavy (non-hydrogen) atoms. The number of anilines is 2. The molecule has 2 aromatic rings. The first-order chi connectivity index (χ1) is 14.9. The summed E-state index contributed by atoms with van der Waals surface area (Å²) in [7, 11) is 0. The highest BCUT2D eigenvalue weighted by Crippen LogP contribution is 2.22. The van der Waals surface area contributed by atoms with Crippen molar-refractivity contribution >= 4 is 29.2 Å². The minimum Gasteiger partial charge on any atom is -0.462 e. The molecule has 1 aliphatic heterocycles. The van der Waals surface area contributed by atoms with Gasteiger partial charge in [0.15, 0.2) is 6.61 Å². The minimum atomic E-state index is -0.702. The van der Waals surface area contributed by atoms with Crippen LogP contribution < -0.4 is 10.2 Å². The van der Waals surface area contributed by atoms with Crippen molar-refractivity contribution in [3.63, 3.8) is 0 Å². The summed E-state index contributed by atoms with van der Waals surface area (Å²) in [5, 5.41) is 2.73.